The number of hydrogen-bond acceptors (Lipinski definition) is 6. The minimum Gasteiger partial charge on any atom is -0.356 e. The highest BCUT2D eigenvalue weighted by Crippen LogP contribution is 2.32. The van der Waals surface area contributed by atoms with Gasteiger partial charge in [0, 0.05) is 6.42 Å². The maximum atomic E-state index is 11.7. The lowest BCUT2D eigenvalue weighted by Gasteiger charge is -2.18. The number of thiocarbonyl (C=S) groups is 1. The van der Waals surface area contributed by atoms with E-state index in [2.05, 4.69) is 29.4 Å². The molecule has 0 amide bonds. The van der Waals surface area contributed by atoms with Crippen LogP contribution in [0.25, 0.3) is 0 Å². The van der Waals surface area contributed by atoms with E-state index in [9.17, 15) is 8.42 Å². The Kier molecular flexibility index (Phi) is 3.46. The van der Waals surface area contributed by atoms with Crippen molar-refractivity contribution in [3.63, 3.8) is 0 Å². The molecule has 9 heteroatoms. The van der Waals surface area contributed by atoms with Crippen molar-refractivity contribution in [1.82, 2.24) is 15.5 Å². The zero-order valence-corrected chi connectivity index (χ0v) is 13.7. The molecule has 0 aromatic carbocycles. The highest BCUT2D eigenvalue weighted by molar-refractivity contribution is 7.91. The van der Waals surface area contributed by atoms with Gasteiger partial charge >= 0.3 is 0 Å². The summed E-state index contributed by atoms with van der Waals surface area (Å²) in [6.45, 7) is 4.26. The van der Waals surface area contributed by atoms with E-state index < -0.39 is 9.84 Å². The fraction of sp³-hybridized carbons (Fsp3) is 0.727. The van der Waals surface area contributed by atoms with Crippen LogP contribution in [0.2, 0.25) is 0 Å². The second kappa shape index (κ2) is 4.88. The molecule has 2 saturated heterocycles. The Morgan fingerprint density at radius 2 is 2.20 bits per heavy atom. The van der Waals surface area contributed by atoms with Crippen molar-refractivity contribution >= 4 is 43.6 Å². The Hall–Kier alpha value is -0.800. The van der Waals surface area contributed by atoms with Crippen molar-refractivity contribution in [3.8, 4) is 0 Å². The predicted molar refractivity (Wildman–Crippen MR) is 82.9 cm³/mol. The van der Waals surface area contributed by atoms with E-state index in [1.807, 2.05) is 4.90 Å². The third-order valence-corrected chi connectivity index (χ3v) is 6.40. The van der Waals surface area contributed by atoms with Crippen LogP contribution >= 0.6 is 23.6 Å². The van der Waals surface area contributed by atoms with Crippen LogP contribution in [-0.2, 0) is 16.3 Å². The summed E-state index contributed by atoms with van der Waals surface area (Å²) in [6, 6.07) is -0.266. The van der Waals surface area contributed by atoms with Crippen molar-refractivity contribution in [2.45, 2.75) is 32.4 Å². The van der Waals surface area contributed by atoms with Crippen LogP contribution in [0, 0.1) is 5.92 Å². The SMILES string of the molecule is CC(C)Cc1nnc(N2C(=S)N[C@@H]3CS(=O)(=O)C[C@H]32)s1. The van der Waals surface area contributed by atoms with Crippen molar-refractivity contribution in [2.24, 2.45) is 5.92 Å². The molecule has 6 nitrogen and oxygen atoms in total. The predicted octanol–water partition coefficient (Wildman–Crippen LogP) is 0.597. The summed E-state index contributed by atoms with van der Waals surface area (Å²) in [6.07, 6.45) is 0.873. The Morgan fingerprint density at radius 1 is 1.45 bits per heavy atom. The molecule has 2 aliphatic heterocycles. The molecule has 0 aliphatic carbocycles. The standard InChI is InChI=1S/C11H16N4O2S3/c1-6(2)3-9-13-14-11(19-9)15-8-5-20(16,17)4-7(8)12-10(15)18/h6-8H,3-5H2,1-2H3,(H,12,18)/t7-,8-/m1/s1. The maximum absolute atomic E-state index is 11.7. The van der Waals surface area contributed by atoms with Gasteiger partial charge in [-0.2, -0.15) is 0 Å². The second-order valence-electron chi connectivity index (χ2n) is 5.65. The zero-order valence-electron chi connectivity index (χ0n) is 11.2. The van der Waals surface area contributed by atoms with Gasteiger partial charge in [-0.05, 0) is 18.1 Å². The normalized spacial score (nSPS) is 27.9. The molecule has 0 spiro atoms. The number of aromatic nitrogens is 2. The van der Waals surface area contributed by atoms with Crippen LogP contribution in [0.5, 0.6) is 0 Å². The lowest BCUT2D eigenvalue weighted by atomic mass is 10.1. The third kappa shape index (κ3) is 2.53. The van der Waals surface area contributed by atoms with Crippen LogP contribution in [-0.4, -0.2) is 47.3 Å². The van der Waals surface area contributed by atoms with Crippen LogP contribution < -0.4 is 10.2 Å². The third-order valence-electron chi connectivity index (χ3n) is 3.43. The number of nitrogens with one attached hydrogen (secondary N) is 1. The molecule has 1 N–H and O–H groups in total. The molecule has 0 unspecified atom stereocenters. The average molecular weight is 332 g/mol. The molecule has 20 heavy (non-hydrogen) atoms. The number of rotatable bonds is 3. The Morgan fingerprint density at radius 3 is 2.90 bits per heavy atom. The van der Waals surface area contributed by atoms with Crippen LogP contribution in [0.1, 0.15) is 18.9 Å². The fourth-order valence-corrected chi connectivity index (χ4v) is 6.04. The van der Waals surface area contributed by atoms with Crippen molar-refractivity contribution in [1.29, 1.82) is 0 Å². The zero-order chi connectivity index (χ0) is 14.5. The van der Waals surface area contributed by atoms with Crippen LogP contribution in [0.3, 0.4) is 0 Å². The average Bonchev–Trinajstić information content (AvgIpc) is 2.90. The van der Waals surface area contributed by atoms with E-state index in [1.54, 1.807) is 0 Å². The number of nitrogens with zero attached hydrogens (tertiary/aromatic N) is 3. The first kappa shape index (κ1) is 14.2. The van der Waals surface area contributed by atoms with E-state index in [0.29, 0.717) is 16.2 Å². The Balaban J connectivity index is 1.85. The minimum atomic E-state index is -2.99. The van der Waals surface area contributed by atoms with Crippen molar-refractivity contribution < 1.29 is 8.42 Å². The molecule has 0 bridgehead atoms. The monoisotopic (exact) mass is 332 g/mol. The molecule has 3 heterocycles. The summed E-state index contributed by atoms with van der Waals surface area (Å²) in [7, 11) is -2.99. The summed E-state index contributed by atoms with van der Waals surface area (Å²) < 4.78 is 23.5. The molecule has 2 fully saturated rings. The van der Waals surface area contributed by atoms with E-state index in [-0.39, 0.29) is 23.6 Å². The molecule has 0 saturated carbocycles. The maximum Gasteiger partial charge on any atom is 0.214 e. The first-order valence-electron chi connectivity index (χ1n) is 6.48. The van der Waals surface area contributed by atoms with Gasteiger partial charge in [-0.15, -0.1) is 10.2 Å². The van der Waals surface area contributed by atoms with Gasteiger partial charge in [0.25, 0.3) is 0 Å². The first-order chi connectivity index (χ1) is 9.35. The van der Waals surface area contributed by atoms with Gasteiger partial charge in [-0.1, -0.05) is 25.2 Å². The highest BCUT2D eigenvalue weighted by Gasteiger charge is 2.48. The number of anilines is 1. The van der Waals surface area contributed by atoms with E-state index in [4.69, 9.17) is 12.2 Å². The van der Waals surface area contributed by atoms with Gasteiger partial charge in [0.15, 0.2) is 14.9 Å². The van der Waals surface area contributed by atoms with E-state index in [1.165, 1.54) is 11.3 Å². The fourth-order valence-electron chi connectivity index (χ4n) is 2.60. The highest BCUT2D eigenvalue weighted by atomic mass is 32.2. The van der Waals surface area contributed by atoms with Crippen molar-refractivity contribution in [2.75, 3.05) is 16.4 Å². The molecular weight excluding hydrogens is 316 g/mol. The van der Waals surface area contributed by atoms with Crippen LogP contribution in [0.4, 0.5) is 5.13 Å². The number of fused-ring (bicyclic) bond motifs is 1. The molecule has 0 radical (unpaired) electrons. The largest absolute Gasteiger partial charge is 0.356 e. The molecule has 110 valence electrons. The van der Waals surface area contributed by atoms with Gasteiger partial charge < -0.3 is 5.32 Å². The molecule has 2 aliphatic rings. The number of hydrogen-bond donors (Lipinski definition) is 1. The van der Waals surface area contributed by atoms with Gasteiger partial charge in [-0.3, -0.25) is 4.90 Å². The van der Waals surface area contributed by atoms with E-state index >= 15 is 0 Å². The van der Waals surface area contributed by atoms with Gasteiger partial charge in [0.1, 0.15) is 5.01 Å². The van der Waals surface area contributed by atoms with Crippen molar-refractivity contribution in [3.05, 3.63) is 5.01 Å². The molecule has 2 atom stereocenters. The summed E-state index contributed by atoms with van der Waals surface area (Å²) in [5.74, 6) is 0.787. The first-order valence-corrected chi connectivity index (χ1v) is 9.53. The molecule has 3 rings (SSSR count). The number of sulfone groups is 1. The van der Waals surface area contributed by atoms with E-state index in [0.717, 1.165) is 11.4 Å². The second-order valence-corrected chi connectivity index (χ2v) is 9.23. The lowest BCUT2D eigenvalue weighted by molar-refractivity contribution is 0.600. The molecule has 1 aromatic rings. The summed E-state index contributed by atoms with van der Waals surface area (Å²) >= 11 is 6.80. The molecular formula is C11H16N4O2S3. The summed E-state index contributed by atoms with van der Waals surface area (Å²) in [5, 5.41) is 13.7. The summed E-state index contributed by atoms with van der Waals surface area (Å²) in [5.41, 5.74) is 0. The quantitative estimate of drug-likeness (QED) is 0.812. The molecule has 1 aromatic heterocycles. The van der Waals surface area contributed by atoms with Crippen LogP contribution in [0.15, 0.2) is 0 Å². The van der Waals surface area contributed by atoms with Gasteiger partial charge in [-0.25, -0.2) is 8.42 Å². The van der Waals surface area contributed by atoms with Gasteiger partial charge in [0.05, 0.1) is 23.6 Å². The Bertz CT molecular complexity index is 640. The summed E-state index contributed by atoms with van der Waals surface area (Å²) in [4.78, 5) is 1.83. The minimum absolute atomic E-state index is 0.120. The van der Waals surface area contributed by atoms with Gasteiger partial charge in [0.2, 0.25) is 5.13 Å². The Labute approximate surface area is 127 Å². The smallest absolute Gasteiger partial charge is 0.214 e. The lowest BCUT2D eigenvalue weighted by Crippen LogP contribution is -2.36. The topological polar surface area (TPSA) is 75.2 Å².